The SMILES string of the molecule is CN(C(=O)COC(=O)c1ccc(-c2ccc(O)cc2)cc1)[C@H]1CCS(=O)(=O)C1. The highest BCUT2D eigenvalue weighted by molar-refractivity contribution is 7.91. The third kappa shape index (κ3) is 4.69. The Morgan fingerprint density at radius 2 is 1.64 bits per heavy atom. The van der Waals surface area contributed by atoms with Crippen LogP contribution in [0.15, 0.2) is 48.5 Å². The van der Waals surface area contributed by atoms with Crippen LogP contribution in [0.4, 0.5) is 0 Å². The second-order valence-electron chi connectivity index (χ2n) is 6.76. The zero-order valence-electron chi connectivity index (χ0n) is 15.4. The maximum atomic E-state index is 12.2. The molecule has 2 aromatic rings. The van der Waals surface area contributed by atoms with E-state index in [9.17, 15) is 23.1 Å². The van der Waals surface area contributed by atoms with Gasteiger partial charge in [-0.05, 0) is 41.8 Å². The lowest BCUT2D eigenvalue weighted by molar-refractivity contribution is -0.134. The van der Waals surface area contributed by atoms with E-state index in [-0.39, 0.29) is 23.3 Å². The largest absolute Gasteiger partial charge is 0.508 e. The first-order chi connectivity index (χ1) is 13.2. The van der Waals surface area contributed by atoms with Crippen LogP contribution in [-0.4, -0.2) is 61.5 Å². The van der Waals surface area contributed by atoms with Gasteiger partial charge in [-0.2, -0.15) is 0 Å². The number of carbonyl (C=O) groups excluding carboxylic acids is 2. The van der Waals surface area contributed by atoms with E-state index >= 15 is 0 Å². The predicted molar refractivity (Wildman–Crippen MR) is 104 cm³/mol. The lowest BCUT2D eigenvalue weighted by Gasteiger charge is -2.23. The van der Waals surface area contributed by atoms with Gasteiger partial charge in [-0.15, -0.1) is 0 Å². The van der Waals surface area contributed by atoms with Gasteiger partial charge in [0.25, 0.3) is 5.91 Å². The average Bonchev–Trinajstić information content (AvgIpc) is 3.05. The van der Waals surface area contributed by atoms with E-state index < -0.39 is 28.3 Å². The predicted octanol–water partition coefficient (Wildman–Crippen LogP) is 1.86. The minimum absolute atomic E-state index is 0.0537. The number of nitrogens with zero attached hydrogens (tertiary/aromatic N) is 1. The lowest BCUT2D eigenvalue weighted by atomic mass is 10.0. The number of hydrogen-bond donors (Lipinski definition) is 1. The summed E-state index contributed by atoms with van der Waals surface area (Å²) >= 11 is 0. The lowest BCUT2D eigenvalue weighted by Crippen LogP contribution is -2.40. The molecule has 1 amide bonds. The molecule has 1 heterocycles. The molecule has 0 unspecified atom stereocenters. The Labute approximate surface area is 163 Å². The van der Waals surface area contributed by atoms with Crippen LogP contribution in [0.2, 0.25) is 0 Å². The molecule has 0 spiro atoms. The molecule has 1 atom stereocenters. The monoisotopic (exact) mass is 403 g/mol. The van der Waals surface area contributed by atoms with Crippen molar-refractivity contribution in [3.8, 4) is 16.9 Å². The second-order valence-corrected chi connectivity index (χ2v) is 8.99. The Morgan fingerprint density at radius 1 is 1.07 bits per heavy atom. The molecule has 0 aromatic heterocycles. The van der Waals surface area contributed by atoms with Crippen LogP contribution in [0.25, 0.3) is 11.1 Å². The standard InChI is InChI=1S/C20H21NO6S/c1-21(17-10-11-28(25,26)13-17)19(23)12-27-20(24)16-4-2-14(3-5-16)15-6-8-18(22)9-7-15/h2-9,17,22H,10-13H2,1H3/t17-/m0/s1. The highest BCUT2D eigenvalue weighted by Crippen LogP contribution is 2.22. The van der Waals surface area contributed by atoms with Gasteiger partial charge in [0.15, 0.2) is 16.4 Å². The molecule has 0 aliphatic carbocycles. The first-order valence-corrected chi connectivity index (χ1v) is 10.6. The van der Waals surface area contributed by atoms with Crippen molar-refractivity contribution in [2.45, 2.75) is 12.5 Å². The van der Waals surface area contributed by atoms with E-state index in [1.807, 2.05) is 0 Å². The van der Waals surface area contributed by atoms with Crippen LogP contribution in [0.3, 0.4) is 0 Å². The molecular weight excluding hydrogens is 382 g/mol. The molecule has 1 aliphatic rings. The molecule has 1 saturated heterocycles. The molecule has 1 aliphatic heterocycles. The van der Waals surface area contributed by atoms with Crippen LogP contribution in [-0.2, 0) is 19.4 Å². The molecule has 2 aromatic carbocycles. The molecule has 8 heteroatoms. The summed E-state index contributed by atoms with van der Waals surface area (Å²) < 4.78 is 28.1. The number of phenolic OH excluding ortho intramolecular Hbond substituents is 1. The number of likely N-dealkylation sites (N-methyl/N-ethyl adjacent to an activating group) is 1. The Kier molecular flexibility index (Phi) is 5.69. The molecule has 7 nitrogen and oxygen atoms in total. The van der Waals surface area contributed by atoms with Gasteiger partial charge >= 0.3 is 5.97 Å². The minimum Gasteiger partial charge on any atom is -0.508 e. The van der Waals surface area contributed by atoms with Gasteiger partial charge in [-0.1, -0.05) is 24.3 Å². The number of sulfone groups is 1. The van der Waals surface area contributed by atoms with Gasteiger partial charge < -0.3 is 14.7 Å². The van der Waals surface area contributed by atoms with Crippen LogP contribution >= 0.6 is 0 Å². The zero-order valence-corrected chi connectivity index (χ0v) is 16.2. The van der Waals surface area contributed by atoms with Crippen molar-refractivity contribution in [1.29, 1.82) is 0 Å². The fourth-order valence-corrected chi connectivity index (χ4v) is 4.82. The van der Waals surface area contributed by atoms with Gasteiger partial charge in [0.1, 0.15) is 5.75 Å². The van der Waals surface area contributed by atoms with Crippen molar-refractivity contribution < 1.29 is 27.9 Å². The smallest absolute Gasteiger partial charge is 0.338 e. The molecule has 0 radical (unpaired) electrons. The number of carbonyl (C=O) groups is 2. The third-order valence-electron chi connectivity index (χ3n) is 4.80. The summed E-state index contributed by atoms with van der Waals surface area (Å²) in [6, 6.07) is 13.0. The number of esters is 1. The van der Waals surface area contributed by atoms with Crippen molar-refractivity contribution in [2.75, 3.05) is 25.2 Å². The first-order valence-electron chi connectivity index (χ1n) is 8.78. The van der Waals surface area contributed by atoms with Gasteiger partial charge in [0.2, 0.25) is 0 Å². The average molecular weight is 403 g/mol. The third-order valence-corrected chi connectivity index (χ3v) is 6.55. The Bertz CT molecular complexity index is 967. The van der Waals surface area contributed by atoms with Crippen molar-refractivity contribution >= 4 is 21.7 Å². The number of phenols is 1. The minimum atomic E-state index is -3.09. The fourth-order valence-electron chi connectivity index (χ4n) is 3.05. The van der Waals surface area contributed by atoms with E-state index in [0.29, 0.717) is 12.0 Å². The summed E-state index contributed by atoms with van der Waals surface area (Å²) in [5.41, 5.74) is 2.07. The molecule has 1 N–H and O–H groups in total. The number of benzene rings is 2. The quantitative estimate of drug-likeness (QED) is 0.765. The summed E-state index contributed by atoms with van der Waals surface area (Å²) in [5.74, 6) is -0.868. The van der Waals surface area contributed by atoms with Crippen LogP contribution in [0.5, 0.6) is 5.75 Å². The van der Waals surface area contributed by atoms with Crippen molar-refractivity contribution in [3.05, 3.63) is 54.1 Å². The van der Waals surface area contributed by atoms with Crippen LogP contribution in [0.1, 0.15) is 16.8 Å². The van der Waals surface area contributed by atoms with Crippen molar-refractivity contribution in [2.24, 2.45) is 0 Å². The van der Waals surface area contributed by atoms with Gasteiger partial charge in [0, 0.05) is 13.1 Å². The number of amides is 1. The molecule has 0 bridgehead atoms. The molecule has 0 saturated carbocycles. The summed E-state index contributed by atoms with van der Waals surface area (Å²) in [6.45, 7) is -0.439. The molecule has 28 heavy (non-hydrogen) atoms. The van der Waals surface area contributed by atoms with Gasteiger partial charge in [-0.25, -0.2) is 13.2 Å². The Hall–Kier alpha value is -2.87. The highest BCUT2D eigenvalue weighted by atomic mass is 32.2. The van der Waals surface area contributed by atoms with E-state index in [1.54, 1.807) is 48.5 Å². The Balaban J connectivity index is 1.56. The van der Waals surface area contributed by atoms with Gasteiger partial charge in [-0.3, -0.25) is 4.79 Å². The fraction of sp³-hybridized carbons (Fsp3) is 0.300. The number of aromatic hydroxyl groups is 1. The van der Waals surface area contributed by atoms with Crippen LogP contribution in [0, 0.1) is 0 Å². The molecular formula is C20H21NO6S. The maximum Gasteiger partial charge on any atom is 0.338 e. The number of ether oxygens (including phenoxy) is 1. The number of rotatable bonds is 5. The van der Waals surface area contributed by atoms with E-state index in [2.05, 4.69) is 0 Å². The highest BCUT2D eigenvalue weighted by Gasteiger charge is 2.32. The summed E-state index contributed by atoms with van der Waals surface area (Å²) in [7, 11) is -1.57. The van der Waals surface area contributed by atoms with Crippen molar-refractivity contribution in [1.82, 2.24) is 4.90 Å². The van der Waals surface area contributed by atoms with Crippen molar-refractivity contribution in [3.63, 3.8) is 0 Å². The Morgan fingerprint density at radius 3 is 2.18 bits per heavy atom. The topological polar surface area (TPSA) is 101 Å². The molecule has 148 valence electrons. The number of hydrogen-bond acceptors (Lipinski definition) is 6. The van der Waals surface area contributed by atoms with E-state index in [0.717, 1.165) is 11.1 Å². The second kappa shape index (κ2) is 8.02. The normalized spacial score (nSPS) is 17.8. The van der Waals surface area contributed by atoms with Crippen LogP contribution < -0.4 is 0 Å². The summed E-state index contributed by atoms with van der Waals surface area (Å²) in [4.78, 5) is 25.7. The first kappa shape index (κ1) is 19.9. The molecule has 1 fully saturated rings. The maximum absolute atomic E-state index is 12.2. The van der Waals surface area contributed by atoms with E-state index in [1.165, 1.54) is 11.9 Å². The molecule has 3 rings (SSSR count). The van der Waals surface area contributed by atoms with E-state index in [4.69, 9.17) is 4.74 Å². The van der Waals surface area contributed by atoms with Gasteiger partial charge in [0.05, 0.1) is 17.1 Å². The summed E-state index contributed by atoms with van der Waals surface area (Å²) in [5, 5.41) is 9.34. The zero-order chi connectivity index (χ0) is 20.3. The summed E-state index contributed by atoms with van der Waals surface area (Å²) in [6.07, 6.45) is 0.400.